The fourth-order valence-electron chi connectivity index (χ4n) is 4.02. The van der Waals surface area contributed by atoms with Crippen molar-refractivity contribution in [3.05, 3.63) is 18.2 Å². The minimum absolute atomic E-state index is 0.0636. The molecule has 0 bridgehead atoms. The molecule has 0 radical (unpaired) electrons. The van der Waals surface area contributed by atoms with Gasteiger partial charge in [-0.05, 0) is 37.8 Å². The third-order valence-electron chi connectivity index (χ3n) is 5.59. The highest BCUT2D eigenvalue weighted by atomic mass is 32.2. The van der Waals surface area contributed by atoms with E-state index in [-0.39, 0.29) is 16.7 Å². The zero-order valence-corrected chi connectivity index (χ0v) is 16.8. The maximum Gasteiger partial charge on any atom is 0.245 e. The largest absolute Gasteiger partial charge is 0.342 e. The summed E-state index contributed by atoms with van der Waals surface area (Å²) in [4.78, 5) is 15.0. The zero-order chi connectivity index (χ0) is 18.9. The lowest BCUT2D eigenvalue weighted by molar-refractivity contribution is -0.136. The van der Waals surface area contributed by atoms with Crippen molar-refractivity contribution in [2.45, 2.75) is 43.4 Å². The maximum absolute atomic E-state index is 13.1. The maximum atomic E-state index is 13.1. The molecule has 0 saturated carbocycles. The van der Waals surface area contributed by atoms with E-state index < -0.39 is 10.0 Å². The van der Waals surface area contributed by atoms with Crippen molar-refractivity contribution < 1.29 is 13.2 Å². The Balaban J connectivity index is 1.45. The molecule has 0 unspecified atom stereocenters. The Morgan fingerprint density at radius 2 is 1.70 bits per heavy atom. The molecule has 2 aromatic rings. The lowest BCUT2D eigenvalue weighted by Gasteiger charge is -2.33. The van der Waals surface area contributed by atoms with Crippen LogP contribution in [0.15, 0.2) is 23.1 Å². The van der Waals surface area contributed by atoms with E-state index in [1.807, 2.05) is 4.90 Å². The summed E-state index contributed by atoms with van der Waals surface area (Å²) in [7, 11) is -3.63. The molecule has 2 fully saturated rings. The monoisotopic (exact) mass is 408 g/mol. The number of piperidine rings is 1. The van der Waals surface area contributed by atoms with Crippen molar-refractivity contribution in [1.29, 1.82) is 0 Å². The Morgan fingerprint density at radius 3 is 2.41 bits per heavy atom. The van der Waals surface area contributed by atoms with E-state index in [2.05, 4.69) is 8.75 Å². The van der Waals surface area contributed by atoms with Crippen LogP contribution in [0.1, 0.15) is 38.5 Å². The van der Waals surface area contributed by atoms with E-state index in [9.17, 15) is 13.2 Å². The first kappa shape index (κ1) is 18.8. The highest BCUT2D eigenvalue weighted by Gasteiger charge is 2.35. The van der Waals surface area contributed by atoms with Gasteiger partial charge in [-0.15, -0.1) is 0 Å². The fourth-order valence-corrected chi connectivity index (χ4v) is 6.24. The van der Waals surface area contributed by atoms with E-state index in [4.69, 9.17) is 0 Å². The minimum atomic E-state index is -3.63. The van der Waals surface area contributed by atoms with E-state index in [0.29, 0.717) is 37.0 Å². The third-order valence-corrected chi connectivity index (χ3v) is 8.06. The summed E-state index contributed by atoms with van der Waals surface area (Å²) in [6, 6.07) is 5.06. The number of likely N-dealkylation sites (tertiary alicyclic amines) is 1. The van der Waals surface area contributed by atoms with Crippen LogP contribution in [0.3, 0.4) is 0 Å². The summed E-state index contributed by atoms with van der Waals surface area (Å²) in [5.41, 5.74) is 1.04. The number of fused-ring (bicyclic) bond motifs is 1. The first-order chi connectivity index (χ1) is 13.1. The van der Waals surface area contributed by atoms with E-state index >= 15 is 0 Å². The van der Waals surface area contributed by atoms with Crippen LogP contribution in [-0.4, -0.2) is 58.5 Å². The predicted octanol–water partition coefficient (Wildman–Crippen LogP) is 2.49. The number of aromatic nitrogens is 2. The lowest BCUT2D eigenvalue weighted by atomic mass is 9.96. The van der Waals surface area contributed by atoms with Crippen molar-refractivity contribution >= 4 is 38.7 Å². The Morgan fingerprint density at radius 1 is 1.00 bits per heavy atom. The van der Waals surface area contributed by atoms with Gasteiger partial charge in [-0.3, -0.25) is 4.79 Å². The van der Waals surface area contributed by atoms with Gasteiger partial charge in [0.1, 0.15) is 15.9 Å². The molecular formula is C18H24N4O3S2. The molecule has 0 aliphatic carbocycles. The van der Waals surface area contributed by atoms with Crippen LogP contribution in [0.5, 0.6) is 0 Å². The van der Waals surface area contributed by atoms with Gasteiger partial charge in [0, 0.05) is 32.1 Å². The molecule has 0 spiro atoms. The molecule has 2 aliphatic heterocycles. The van der Waals surface area contributed by atoms with Crippen LogP contribution in [0.4, 0.5) is 0 Å². The molecule has 2 saturated heterocycles. The molecule has 0 atom stereocenters. The topological polar surface area (TPSA) is 83.5 Å². The van der Waals surface area contributed by atoms with Crippen molar-refractivity contribution in [2.75, 3.05) is 26.2 Å². The average molecular weight is 409 g/mol. The van der Waals surface area contributed by atoms with E-state index in [1.165, 1.54) is 17.1 Å². The van der Waals surface area contributed by atoms with Gasteiger partial charge in [-0.1, -0.05) is 18.9 Å². The second-order valence-electron chi connectivity index (χ2n) is 7.31. The van der Waals surface area contributed by atoms with Gasteiger partial charge in [0.2, 0.25) is 15.9 Å². The van der Waals surface area contributed by atoms with Crippen molar-refractivity contribution in [3.63, 3.8) is 0 Å². The number of benzene rings is 1. The van der Waals surface area contributed by atoms with Crippen molar-refractivity contribution in [3.8, 4) is 0 Å². The van der Waals surface area contributed by atoms with Crippen LogP contribution in [0, 0.1) is 5.92 Å². The smallest absolute Gasteiger partial charge is 0.245 e. The molecule has 1 amide bonds. The number of sulfonamides is 1. The molecule has 27 heavy (non-hydrogen) atoms. The Bertz CT molecular complexity index is 912. The SMILES string of the molecule is O=C(C1CCN(S(=O)(=O)c2cccc3nsnc23)CC1)N1CCCCCC1. The number of carbonyl (C=O) groups excluding carboxylic acids is 1. The number of nitrogens with zero attached hydrogens (tertiary/aromatic N) is 4. The number of amides is 1. The lowest BCUT2D eigenvalue weighted by Crippen LogP contribution is -2.44. The molecule has 2 aliphatic rings. The van der Waals surface area contributed by atoms with Gasteiger partial charge in [0.25, 0.3) is 0 Å². The van der Waals surface area contributed by atoms with Crippen molar-refractivity contribution in [1.82, 2.24) is 18.0 Å². The molecule has 7 nitrogen and oxygen atoms in total. The molecular weight excluding hydrogens is 384 g/mol. The third kappa shape index (κ3) is 3.72. The predicted molar refractivity (Wildman–Crippen MR) is 104 cm³/mol. The van der Waals surface area contributed by atoms with Crippen LogP contribution in [0.2, 0.25) is 0 Å². The number of hydrogen-bond acceptors (Lipinski definition) is 6. The number of carbonyl (C=O) groups is 1. The first-order valence-corrected chi connectivity index (χ1v) is 11.7. The van der Waals surface area contributed by atoms with Gasteiger partial charge in [0.05, 0.1) is 11.7 Å². The van der Waals surface area contributed by atoms with Crippen LogP contribution < -0.4 is 0 Å². The molecule has 1 aromatic carbocycles. The molecule has 1 aromatic heterocycles. The first-order valence-electron chi connectivity index (χ1n) is 9.57. The van der Waals surface area contributed by atoms with Gasteiger partial charge in [0.15, 0.2) is 0 Å². The molecule has 146 valence electrons. The minimum Gasteiger partial charge on any atom is -0.342 e. The van der Waals surface area contributed by atoms with Crippen LogP contribution >= 0.6 is 11.7 Å². The van der Waals surface area contributed by atoms with Gasteiger partial charge < -0.3 is 4.90 Å². The summed E-state index contributed by atoms with van der Waals surface area (Å²) >= 11 is 1.02. The second-order valence-corrected chi connectivity index (χ2v) is 9.74. The zero-order valence-electron chi connectivity index (χ0n) is 15.2. The number of rotatable bonds is 3. The number of hydrogen-bond donors (Lipinski definition) is 0. The second kappa shape index (κ2) is 7.81. The summed E-state index contributed by atoms with van der Waals surface area (Å²) in [6.45, 7) is 2.44. The summed E-state index contributed by atoms with van der Waals surface area (Å²) in [5.74, 6) is 0.144. The molecule has 4 rings (SSSR count). The molecule has 0 N–H and O–H groups in total. The Hall–Kier alpha value is -1.58. The highest BCUT2D eigenvalue weighted by molar-refractivity contribution is 7.89. The quantitative estimate of drug-likeness (QED) is 0.779. The Labute approximate surface area is 163 Å². The van der Waals surface area contributed by atoms with Crippen molar-refractivity contribution in [2.24, 2.45) is 5.92 Å². The molecule has 9 heteroatoms. The highest BCUT2D eigenvalue weighted by Crippen LogP contribution is 2.29. The summed E-state index contributed by atoms with van der Waals surface area (Å²) < 4.78 is 36.0. The van der Waals surface area contributed by atoms with Gasteiger partial charge in [-0.25, -0.2) is 8.42 Å². The normalized spacial score (nSPS) is 20.7. The summed E-state index contributed by atoms with van der Waals surface area (Å²) in [6.07, 6.45) is 5.70. The van der Waals surface area contributed by atoms with E-state index in [1.54, 1.807) is 18.2 Å². The standard InChI is InChI=1S/C18H24N4O3S2/c23-18(21-10-3-1-2-4-11-21)14-8-12-22(13-9-14)27(24,25)16-7-5-6-15-17(16)20-26-19-15/h5-7,14H,1-4,8-13H2. The fraction of sp³-hybridized carbons (Fsp3) is 0.611. The average Bonchev–Trinajstić information content (AvgIpc) is 3.01. The summed E-state index contributed by atoms with van der Waals surface area (Å²) in [5, 5.41) is 0. The van der Waals surface area contributed by atoms with Crippen LogP contribution in [-0.2, 0) is 14.8 Å². The van der Waals surface area contributed by atoms with Gasteiger partial charge in [-0.2, -0.15) is 13.1 Å². The molecule has 3 heterocycles. The van der Waals surface area contributed by atoms with Crippen LogP contribution in [0.25, 0.3) is 11.0 Å². The Kier molecular flexibility index (Phi) is 5.43. The van der Waals surface area contributed by atoms with E-state index in [0.717, 1.165) is 37.7 Å². The van der Waals surface area contributed by atoms with Gasteiger partial charge >= 0.3 is 0 Å².